The molecule has 0 aliphatic heterocycles. The number of hydrogen-bond donors (Lipinski definition) is 2. The maximum absolute atomic E-state index is 12.9. The van der Waals surface area contributed by atoms with Gasteiger partial charge >= 0.3 is 5.97 Å². The van der Waals surface area contributed by atoms with E-state index in [0.717, 1.165) is 18.5 Å². The fourth-order valence-electron chi connectivity index (χ4n) is 3.03. The Balaban J connectivity index is 2.01. The second-order valence-electron chi connectivity index (χ2n) is 8.39. The Morgan fingerprint density at radius 2 is 2.08 bits per heavy atom. The van der Waals surface area contributed by atoms with Gasteiger partial charge < -0.3 is 14.9 Å². The standard InChI is InChI=1S/C19H25N3O4/c1-10(7-15(23)24)20-17(25)12-8-13(11-5-6-11)21-18-16(12)14(22-26-18)9-19(2,3)4/h8,10-11H,5-7,9H2,1-4H3,(H,20,25)(H,23,24). The second kappa shape index (κ2) is 6.70. The number of pyridine rings is 1. The molecule has 140 valence electrons. The highest BCUT2D eigenvalue weighted by molar-refractivity contribution is 6.06. The van der Waals surface area contributed by atoms with Crippen LogP contribution in [0.15, 0.2) is 10.6 Å². The van der Waals surface area contributed by atoms with Crippen LogP contribution in [0.2, 0.25) is 0 Å². The number of carbonyl (C=O) groups is 2. The molecule has 1 aliphatic carbocycles. The van der Waals surface area contributed by atoms with Crippen LogP contribution in [0.3, 0.4) is 0 Å². The molecule has 1 atom stereocenters. The normalized spacial score (nSPS) is 15.8. The van der Waals surface area contributed by atoms with Crippen molar-refractivity contribution in [3.05, 3.63) is 23.0 Å². The fourth-order valence-corrected chi connectivity index (χ4v) is 3.03. The summed E-state index contributed by atoms with van der Waals surface area (Å²) >= 11 is 0. The number of carboxylic acids is 1. The maximum atomic E-state index is 12.9. The van der Waals surface area contributed by atoms with Crippen LogP contribution in [0.5, 0.6) is 0 Å². The van der Waals surface area contributed by atoms with E-state index >= 15 is 0 Å². The van der Waals surface area contributed by atoms with Crippen molar-refractivity contribution in [3.63, 3.8) is 0 Å². The fraction of sp³-hybridized carbons (Fsp3) is 0.579. The third-order valence-electron chi connectivity index (χ3n) is 4.33. The van der Waals surface area contributed by atoms with Crippen LogP contribution in [-0.2, 0) is 11.2 Å². The lowest BCUT2D eigenvalue weighted by Crippen LogP contribution is -2.34. The molecular formula is C19H25N3O4. The lowest BCUT2D eigenvalue weighted by Gasteiger charge is -2.17. The lowest BCUT2D eigenvalue weighted by molar-refractivity contribution is -0.137. The van der Waals surface area contributed by atoms with E-state index in [9.17, 15) is 9.59 Å². The van der Waals surface area contributed by atoms with Gasteiger partial charge in [-0.1, -0.05) is 25.9 Å². The smallest absolute Gasteiger partial charge is 0.305 e. The molecule has 2 N–H and O–H groups in total. The van der Waals surface area contributed by atoms with Crippen molar-refractivity contribution in [1.82, 2.24) is 15.5 Å². The molecule has 7 heteroatoms. The number of hydrogen-bond acceptors (Lipinski definition) is 5. The molecule has 0 radical (unpaired) electrons. The van der Waals surface area contributed by atoms with Gasteiger partial charge in [0.1, 0.15) is 0 Å². The van der Waals surface area contributed by atoms with Gasteiger partial charge in [-0.15, -0.1) is 0 Å². The quantitative estimate of drug-likeness (QED) is 0.820. The van der Waals surface area contributed by atoms with Crippen molar-refractivity contribution in [3.8, 4) is 0 Å². The number of nitrogens with zero attached hydrogens (tertiary/aromatic N) is 2. The summed E-state index contributed by atoms with van der Waals surface area (Å²) in [7, 11) is 0. The Hall–Kier alpha value is -2.44. The van der Waals surface area contributed by atoms with E-state index in [4.69, 9.17) is 9.63 Å². The van der Waals surface area contributed by atoms with Gasteiger partial charge in [0, 0.05) is 17.7 Å². The zero-order valence-corrected chi connectivity index (χ0v) is 15.6. The van der Waals surface area contributed by atoms with Crippen molar-refractivity contribution < 1.29 is 19.2 Å². The summed E-state index contributed by atoms with van der Waals surface area (Å²) in [6.07, 6.45) is 2.62. The average Bonchev–Trinajstić information content (AvgIpc) is 3.27. The summed E-state index contributed by atoms with van der Waals surface area (Å²) in [6, 6.07) is 1.34. The van der Waals surface area contributed by atoms with Crippen LogP contribution < -0.4 is 5.32 Å². The molecule has 0 saturated heterocycles. The molecule has 2 aromatic rings. The third kappa shape index (κ3) is 4.20. The number of carbonyl (C=O) groups excluding carboxylic acids is 1. The summed E-state index contributed by atoms with van der Waals surface area (Å²) < 4.78 is 5.44. The first-order chi connectivity index (χ1) is 12.1. The van der Waals surface area contributed by atoms with Crippen molar-refractivity contribution in [1.29, 1.82) is 0 Å². The van der Waals surface area contributed by atoms with Crippen LogP contribution in [0.1, 0.15) is 74.6 Å². The lowest BCUT2D eigenvalue weighted by atomic mass is 9.89. The first-order valence-corrected chi connectivity index (χ1v) is 8.96. The van der Waals surface area contributed by atoms with E-state index in [1.54, 1.807) is 6.92 Å². The van der Waals surface area contributed by atoms with Crippen LogP contribution in [0.25, 0.3) is 11.1 Å². The molecule has 1 saturated carbocycles. The molecule has 0 aromatic carbocycles. The van der Waals surface area contributed by atoms with Crippen LogP contribution >= 0.6 is 0 Å². The van der Waals surface area contributed by atoms with Gasteiger partial charge in [-0.2, -0.15) is 0 Å². The highest BCUT2D eigenvalue weighted by atomic mass is 16.5. The van der Waals surface area contributed by atoms with E-state index in [1.807, 2.05) is 6.07 Å². The average molecular weight is 359 g/mol. The second-order valence-corrected chi connectivity index (χ2v) is 8.39. The van der Waals surface area contributed by atoms with Gasteiger partial charge in [0.25, 0.3) is 11.6 Å². The Labute approximate surface area is 152 Å². The molecule has 1 aliphatic rings. The largest absolute Gasteiger partial charge is 0.481 e. The van der Waals surface area contributed by atoms with E-state index < -0.39 is 12.0 Å². The van der Waals surface area contributed by atoms with Gasteiger partial charge in [-0.3, -0.25) is 9.59 Å². The summed E-state index contributed by atoms with van der Waals surface area (Å²) in [5.41, 5.74) is 2.37. The Kier molecular flexibility index (Phi) is 4.73. The topological polar surface area (TPSA) is 105 Å². The van der Waals surface area contributed by atoms with E-state index in [1.165, 1.54) is 0 Å². The third-order valence-corrected chi connectivity index (χ3v) is 4.33. The number of aliphatic carboxylic acids is 1. The van der Waals surface area contributed by atoms with Crippen molar-refractivity contribution >= 4 is 23.0 Å². The number of amides is 1. The molecule has 2 aromatic heterocycles. The van der Waals surface area contributed by atoms with Crippen LogP contribution in [-0.4, -0.2) is 33.2 Å². The highest BCUT2D eigenvalue weighted by Gasteiger charge is 2.30. The molecule has 1 fully saturated rings. The predicted molar refractivity (Wildman–Crippen MR) is 96.1 cm³/mol. The number of fused-ring (bicyclic) bond motifs is 1. The number of carboxylic acid groups (broad SMARTS) is 1. The summed E-state index contributed by atoms with van der Waals surface area (Å²) in [5, 5.41) is 16.5. The van der Waals surface area contributed by atoms with Crippen molar-refractivity contribution in [2.45, 2.75) is 65.3 Å². The summed E-state index contributed by atoms with van der Waals surface area (Å²) in [4.78, 5) is 28.3. The molecule has 3 rings (SSSR count). The maximum Gasteiger partial charge on any atom is 0.305 e. The summed E-state index contributed by atoms with van der Waals surface area (Å²) in [5.74, 6) is -0.903. The van der Waals surface area contributed by atoms with Crippen LogP contribution in [0.4, 0.5) is 0 Å². The zero-order chi connectivity index (χ0) is 19.1. The molecular weight excluding hydrogens is 334 g/mol. The molecule has 1 amide bonds. The van der Waals surface area contributed by atoms with Gasteiger partial charge in [-0.05, 0) is 37.7 Å². The minimum atomic E-state index is -0.949. The van der Waals surface area contributed by atoms with E-state index in [0.29, 0.717) is 34.7 Å². The minimum absolute atomic E-state index is 0.0245. The molecule has 7 nitrogen and oxygen atoms in total. The number of rotatable bonds is 6. The van der Waals surface area contributed by atoms with Gasteiger partial charge in [0.15, 0.2) is 0 Å². The number of aromatic nitrogens is 2. The Bertz CT molecular complexity index is 846. The Morgan fingerprint density at radius 1 is 1.38 bits per heavy atom. The number of nitrogens with one attached hydrogen (secondary N) is 1. The van der Waals surface area contributed by atoms with Gasteiger partial charge in [0.2, 0.25) is 0 Å². The predicted octanol–water partition coefficient (Wildman–Crippen LogP) is 3.28. The molecule has 1 unspecified atom stereocenters. The monoisotopic (exact) mass is 359 g/mol. The van der Waals surface area contributed by atoms with E-state index in [2.05, 4.69) is 36.2 Å². The minimum Gasteiger partial charge on any atom is -0.481 e. The Morgan fingerprint density at radius 3 is 2.65 bits per heavy atom. The SMILES string of the molecule is CC(CC(=O)O)NC(=O)c1cc(C2CC2)nc2onc(CC(C)(C)C)c12. The van der Waals surface area contributed by atoms with Gasteiger partial charge in [0.05, 0.1) is 23.1 Å². The molecule has 0 spiro atoms. The molecule has 0 bridgehead atoms. The first-order valence-electron chi connectivity index (χ1n) is 8.96. The van der Waals surface area contributed by atoms with Crippen LogP contribution in [0, 0.1) is 5.41 Å². The zero-order valence-electron chi connectivity index (χ0n) is 15.6. The van der Waals surface area contributed by atoms with Gasteiger partial charge in [-0.25, -0.2) is 4.98 Å². The first kappa shape index (κ1) is 18.4. The molecule has 2 heterocycles. The van der Waals surface area contributed by atoms with E-state index in [-0.39, 0.29) is 17.7 Å². The summed E-state index contributed by atoms with van der Waals surface area (Å²) in [6.45, 7) is 7.95. The van der Waals surface area contributed by atoms with Crippen molar-refractivity contribution in [2.24, 2.45) is 5.41 Å². The van der Waals surface area contributed by atoms with Crippen molar-refractivity contribution in [2.75, 3.05) is 0 Å². The molecule has 26 heavy (non-hydrogen) atoms. The highest BCUT2D eigenvalue weighted by Crippen LogP contribution is 2.41.